The number of benzene rings is 2. The lowest BCUT2D eigenvalue weighted by atomic mass is 10.0. The predicted octanol–water partition coefficient (Wildman–Crippen LogP) is 4.01. The molecule has 0 aliphatic carbocycles. The van der Waals surface area contributed by atoms with Gasteiger partial charge in [0, 0.05) is 19.1 Å². The van der Waals surface area contributed by atoms with Gasteiger partial charge >= 0.3 is 0 Å². The molecule has 0 saturated heterocycles. The Balaban J connectivity index is 2.10. The van der Waals surface area contributed by atoms with Crippen molar-refractivity contribution in [3.63, 3.8) is 0 Å². The first-order chi connectivity index (χ1) is 12.9. The minimum absolute atomic E-state index is 0.182. The lowest BCUT2D eigenvalue weighted by Crippen LogP contribution is -2.39. The summed E-state index contributed by atoms with van der Waals surface area (Å²) in [5.74, 6) is -0.413. The summed E-state index contributed by atoms with van der Waals surface area (Å²) in [6, 6.07) is 17.6. The predicted molar refractivity (Wildman–Crippen MR) is 108 cm³/mol. The number of aryl methyl sites for hydroxylation is 1. The van der Waals surface area contributed by atoms with Gasteiger partial charge in [0.2, 0.25) is 0 Å². The average molecular weight is 362 g/mol. The molecule has 0 unspecified atom stereocenters. The van der Waals surface area contributed by atoms with Gasteiger partial charge in [0.1, 0.15) is 5.70 Å². The second-order valence-corrected chi connectivity index (χ2v) is 7.16. The van der Waals surface area contributed by atoms with E-state index in [1.54, 1.807) is 0 Å². The number of likely N-dealkylation sites (N-methyl/N-ethyl adjacent to an activating group) is 1. The molecule has 0 aromatic heterocycles. The quantitative estimate of drug-likeness (QED) is 0.729. The Labute approximate surface area is 161 Å². The number of rotatable bonds is 6. The highest BCUT2D eigenvalue weighted by Crippen LogP contribution is 2.33. The van der Waals surface area contributed by atoms with Crippen LogP contribution in [0.25, 0.3) is 5.57 Å². The maximum Gasteiger partial charge on any atom is 0.278 e. The number of hydrogen-bond donors (Lipinski definition) is 0. The van der Waals surface area contributed by atoms with Gasteiger partial charge in [0.25, 0.3) is 11.8 Å². The molecule has 4 nitrogen and oxygen atoms in total. The molecule has 2 aromatic rings. The summed E-state index contributed by atoms with van der Waals surface area (Å²) < 4.78 is 0. The first kappa shape index (κ1) is 18.9. The molecule has 1 aliphatic rings. The summed E-state index contributed by atoms with van der Waals surface area (Å²) in [4.78, 5) is 29.7. The first-order valence-electron chi connectivity index (χ1n) is 9.42. The van der Waals surface area contributed by atoms with Crippen LogP contribution in [0.1, 0.15) is 37.5 Å². The van der Waals surface area contributed by atoms with Gasteiger partial charge in [0.15, 0.2) is 0 Å². The average Bonchev–Trinajstić information content (AvgIpc) is 2.92. The smallest absolute Gasteiger partial charge is 0.278 e. The number of hydrogen-bond acceptors (Lipinski definition) is 3. The molecular formula is C23H26N2O2. The molecule has 0 fully saturated rings. The summed E-state index contributed by atoms with van der Waals surface area (Å²) in [5, 5.41) is 0. The van der Waals surface area contributed by atoms with Crippen LogP contribution in [0.5, 0.6) is 0 Å². The molecule has 0 N–H and O–H groups in total. The topological polar surface area (TPSA) is 40.6 Å². The third kappa shape index (κ3) is 3.65. The fourth-order valence-corrected chi connectivity index (χ4v) is 3.43. The van der Waals surface area contributed by atoms with Gasteiger partial charge in [-0.3, -0.25) is 14.5 Å². The Kier molecular flexibility index (Phi) is 5.45. The molecule has 1 aliphatic heterocycles. The molecule has 0 atom stereocenters. The van der Waals surface area contributed by atoms with E-state index in [1.165, 1.54) is 4.90 Å². The van der Waals surface area contributed by atoms with Crippen LogP contribution < -0.4 is 0 Å². The third-order valence-electron chi connectivity index (χ3n) is 4.86. The van der Waals surface area contributed by atoms with Gasteiger partial charge in [-0.1, -0.05) is 60.2 Å². The van der Waals surface area contributed by atoms with Gasteiger partial charge < -0.3 is 4.90 Å². The maximum atomic E-state index is 13.2. The largest absolute Gasteiger partial charge is 0.362 e. The highest BCUT2D eigenvalue weighted by Gasteiger charge is 2.42. The normalized spacial score (nSPS) is 14.5. The zero-order chi connectivity index (χ0) is 19.6. The van der Waals surface area contributed by atoms with E-state index in [9.17, 15) is 9.59 Å². The van der Waals surface area contributed by atoms with Crippen LogP contribution in [0.2, 0.25) is 0 Å². The van der Waals surface area contributed by atoms with Gasteiger partial charge in [-0.2, -0.15) is 0 Å². The van der Waals surface area contributed by atoms with Crippen LogP contribution in [0.15, 0.2) is 60.3 Å². The molecule has 3 rings (SSSR count). The molecule has 0 radical (unpaired) electrons. The van der Waals surface area contributed by atoms with Gasteiger partial charge in [-0.15, -0.1) is 0 Å². The first-order valence-corrected chi connectivity index (χ1v) is 9.42. The molecule has 0 saturated carbocycles. The Hall–Kier alpha value is -2.88. The summed E-state index contributed by atoms with van der Waals surface area (Å²) in [7, 11) is 0. The van der Waals surface area contributed by atoms with Crippen LogP contribution in [0, 0.1) is 6.92 Å². The Morgan fingerprint density at radius 1 is 0.926 bits per heavy atom. The zero-order valence-corrected chi connectivity index (χ0v) is 16.4. The lowest BCUT2D eigenvalue weighted by molar-refractivity contribution is -0.139. The number of carbonyl (C=O) groups is 2. The van der Waals surface area contributed by atoms with Crippen LogP contribution in [-0.2, 0) is 16.1 Å². The number of carbonyl (C=O) groups excluding carboxylic acids is 2. The molecule has 140 valence electrons. The van der Waals surface area contributed by atoms with Crippen molar-refractivity contribution >= 4 is 17.4 Å². The highest BCUT2D eigenvalue weighted by atomic mass is 16.2. The third-order valence-corrected chi connectivity index (χ3v) is 4.86. The number of amides is 2. The molecule has 27 heavy (non-hydrogen) atoms. The van der Waals surface area contributed by atoms with E-state index in [-0.39, 0.29) is 17.9 Å². The minimum atomic E-state index is -0.208. The minimum Gasteiger partial charge on any atom is -0.362 e. The van der Waals surface area contributed by atoms with Crippen LogP contribution >= 0.6 is 0 Å². The molecule has 2 amide bonds. The second kappa shape index (κ2) is 7.78. The highest BCUT2D eigenvalue weighted by molar-refractivity contribution is 6.35. The van der Waals surface area contributed by atoms with E-state index in [0.717, 1.165) is 16.7 Å². The SMILES string of the molecule is CCN(Cc1ccccc1)C1=C(c2ccc(C)cc2)C(=O)N(C(C)C)C1=O. The Bertz CT molecular complexity index is 867. The molecular weight excluding hydrogens is 336 g/mol. The zero-order valence-electron chi connectivity index (χ0n) is 16.4. The molecule has 2 aromatic carbocycles. The van der Waals surface area contributed by atoms with Crippen LogP contribution in [0.4, 0.5) is 0 Å². The standard InChI is InChI=1S/C23H26N2O2/c1-5-24(15-18-9-7-6-8-10-18)21-20(19-13-11-17(4)12-14-19)22(26)25(16(2)3)23(21)27/h6-14,16H,5,15H2,1-4H3. The van der Waals surface area contributed by atoms with Gasteiger partial charge in [0.05, 0.1) is 5.57 Å². The van der Waals surface area contributed by atoms with E-state index in [1.807, 2.05) is 87.2 Å². The van der Waals surface area contributed by atoms with E-state index in [2.05, 4.69) is 0 Å². The Morgan fingerprint density at radius 3 is 2.11 bits per heavy atom. The van der Waals surface area contributed by atoms with E-state index in [4.69, 9.17) is 0 Å². The van der Waals surface area contributed by atoms with Gasteiger partial charge in [-0.05, 0) is 38.8 Å². The van der Waals surface area contributed by atoms with Crippen molar-refractivity contribution in [1.82, 2.24) is 9.80 Å². The number of imide groups is 1. The molecule has 4 heteroatoms. The van der Waals surface area contributed by atoms with Crippen molar-refractivity contribution in [2.45, 2.75) is 40.3 Å². The van der Waals surface area contributed by atoms with Crippen molar-refractivity contribution in [3.05, 3.63) is 77.0 Å². The van der Waals surface area contributed by atoms with Gasteiger partial charge in [-0.25, -0.2) is 0 Å². The summed E-state index contributed by atoms with van der Waals surface area (Å²) in [6.07, 6.45) is 0. The lowest BCUT2D eigenvalue weighted by Gasteiger charge is -2.25. The second-order valence-electron chi connectivity index (χ2n) is 7.16. The molecule has 0 bridgehead atoms. The monoisotopic (exact) mass is 362 g/mol. The van der Waals surface area contributed by atoms with Crippen molar-refractivity contribution < 1.29 is 9.59 Å². The summed E-state index contributed by atoms with van der Waals surface area (Å²) >= 11 is 0. The fraction of sp³-hybridized carbons (Fsp3) is 0.304. The van der Waals surface area contributed by atoms with Crippen molar-refractivity contribution in [2.24, 2.45) is 0 Å². The molecule has 0 spiro atoms. The van der Waals surface area contributed by atoms with E-state index < -0.39 is 0 Å². The fourth-order valence-electron chi connectivity index (χ4n) is 3.43. The van der Waals surface area contributed by atoms with E-state index in [0.29, 0.717) is 24.4 Å². The molecule has 1 heterocycles. The van der Waals surface area contributed by atoms with Crippen molar-refractivity contribution in [3.8, 4) is 0 Å². The maximum absolute atomic E-state index is 13.2. The van der Waals surface area contributed by atoms with Crippen LogP contribution in [-0.4, -0.2) is 34.2 Å². The van der Waals surface area contributed by atoms with Crippen molar-refractivity contribution in [2.75, 3.05) is 6.54 Å². The Morgan fingerprint density at radius 2 is 1.56 bits per heavy atom. The summed E-state index contributed by atoms with van der Waals surface area (Å²) in [6.45, 7) is 9.00. The van der Waals surface area contributed by atoms with E-state index >= 15 is 0 Å². The summed E-state index contributed by atoms with van der Waals surface area (Å²) in [5.41, 5.74) is 4.03. The number of nitrogens with zero attached hydrogens (tertiary/aromatic N) is 2. The van der Waals surface area contributed by atoms with Crippen LogP contribution in [0.3, 0.4) is 0 Å². The van der Waals surface area contributed by atoms with Crippen molar-refractivity contribution in [1.29, 1.82) is 0 Å².